The average Bonchev–Trinajstić information content (AvgIpc) is 3.25. The van der Waals surface area contributed by atoms with Crippen LogP contribution in [-0.4, -0.2) is 45.1 Å². The van der Waals surface area contributed by atoms with Gasteiger partial charge in [-0.1, -0.05) is 0 Å². The molecular formula is C15H19N5O. The molecule has 1 saturated carbocycles. The Balaban J connectivity index is 1.43. The molecule has 0 bridgehead atoms. The number of hydrogen-bond donors (Lipinski definition) is 0. The van der Waals surface area contributed by atoms with Gasteiger partial charge in [-0.3, -0.25) is 0 Å². The van der Waals surface area contributed by atoms with Crippen molar-refractivity contribution in [3.05, 3.63) is 18.0 Å². The third kappa shape index (κ3) is 1.85. The van der Waals surface area contributed by atoms with Crippen molar-refractivity contribution in [1.82, 2.24) is 19.8 Å². The molecule has 1 aliphatic carbocycles. The molecule has 3 fully saturated rings. The molecule has 1 spiro atoms. The van der Waals surface area contributed by atoms with Crippen LogP contribution in [0.1, 0.15) is 43.8 Å². The minimum atomic E-state index is 0.191. The Morgan fingerprint density at radius 3 is 2.57 bits per heavy atom. The summed E-state index contributed by atoms with van der Waals surface area (Å²) >= 11 is 0. The normalized spacial score (nSPS) is 24.5. The molecule has 6 heteroatoms. The molecule has 110 valence electrons. The van der Waals surface area contributed by atoms with Gasteiger partial charge in [0, 0.05) is 19.0 Å². The maximum absolute atomic E-state index is 5.79. The molecule has 2 saturated heterocycles. The molecule has 0 N–H and O–H groups in total. The quantitative estimate of drug-likeness (QED) is 0.841. The average molecular weight is 285 g/mol. The lowest BCUT2D eigenvalue weighted by Gasteiger charge is -2.47. The number of ether oxygens (including phenoxy) is 1. The topological polar surface area (TPSA) is 55.5 Å². The van der Waals surface area contributed by atoms with Crippen LogP contribution in [-0.2, 0) is 4.74 Å². The van der Waals surface area contributed by atoms with Gasteiger partial charge in [-0.05, 0) is 44.2 Å². The molecule has 0 radical (unpaired) electrons. The lowest BCUT2D eigenvalue weighted by atomic mass is 9.84. The Hall–Kier alpha value is -1.69. The number of piperidine rings is 1. The maximum atomic E-state index is 5.79. The van der Waals surface area contributed by atoms with Gasteiger partial charge < -0.3 is 9.64 Å². The van der Waals surface area contributed by atoms with Crippen LogP contribution in [0.5, 0.6) is 0 Å². The van der Waals surface area contributed by atoms with Gasteiger partial charge in [0.1, 0.15) is 5.82 Å². The zero-order valence-corrected chi connectivity index (χ0v) is 12.0. The molecule has 21 heavy (non-hydrogen) atoms. The Morgan fingerprint density at radius 1 is 1.10 bits per heavy atom. The fourth-order valence-corrected chi connectivity index (χ4v) is 3.49. The Bertz CT molecular complexity index is 678. The van der Waals surface area contributed by atoms with E-state index in [9.17, 15) is 0 Å². The lowest BCUT2D eigenvalue weighted by Crippen LogP contribution is -2.52. The number of rotatable bonds is 2. The summed E-state index contributed by atoms with van der Waals surface area (Å²) < 4.78 is 7.73. The van der Waals surface area contributed by atoms with E-state index in [0.717, 1.165) is 49.8 Å². The van der Waals surface area contributed by atoms with Gasteiger partial charge in [-0.2, -0.15) is 4.52 Å². The molecule has 2 aliphatic heterocycles. The third-order valence-corrected chi connectivity index (χ3v) is 5.18. The van der Waals surface area contributed by atoms with Crippen LogP contribution >= 0.6 is 0 Å². The maximum Gasteiger partial charge on any atom is 0.178 e. The summed E-state index contributed by atoms with van der Waals surface area (Å²) in [6, 6.07) is 4.10. The molecule has 3 aliphatic rings. The first-order valence-corrected chi connectivity index (χ1v) is 7.94. The Kier molecular flexibility index (Phi) is 2.36. The molecule has 0 aromatic carbocycles. The van der Waals surface area contributed by atoms with E-state index in [1.54, 1.807) is 0 Å². The summed E-state index contributed by atoms with van der Waals surface area (Å²) in [5.74, 6) is 2.64. The van der Waals surface area contributed by atoms with Gasteiger partial charge in [-0.25, -0.2) is 0 Å². The van der Waals surface area contributed by atoms with Crippen molar-refractivity contribution >= 4 is 11.5 Å². The highest BCUT2D eigenvalue weighted by molar-refractivity contribution is 5.46. The first-order chi connectivity index (χ1) is 10.3. The summed E-state index contributed by atoms with van der Waals surface area (Å²) in [6.45, 7) is 2.99. The van der Waals surface area contributed by atoms with Crippen molar-refractivity contribution in [1.29, 1.82) is 0 Å². The first kappa shape index (κ1) is 11.9. The molecule has 0 atom stereocenters. The van der Waals surface area contributed by atoms with Gasteiger partial charge in [-0.15, -0.1) is 15.3 Å². The van der Waals surface area contributed by atoms with Crippen LogP contribution in [0.4, 0.5) is 5.82 Å². The van der Waals surface area contributed by atoms with Crippen LogP contribution < -0.4 is 4.90 Å². The van der Waals surface area contributed by atoms with Gasteiger partial charge >= 0.3 is 0 Å². The van der Waals surface area contributed by atoms with Crippen LogP contribution in [0.25, 0.3) is 5.65 Å². The fourth-order valence-electron chi connectivity index (χ4n) is 3.49. The third-order valence-electron chi connectivity index (χ3n) is 5.18. The van der Waals surface area contributed by atoms with Gasteiger partial charge in [0.15, 0.2) is 11.5 Å². The van der Waals surface area contributed by atoms with Crippen LogP contribution in [0.2, 0.25) is 0 Å². The van der Waals surface area contributed by atoms with Crippen LogP contribution in [0.3, 0.4) is 0 Å². The van der Waals surface area contributed by atoms with Crippen molar-refractivity contribution in [3.8, 4) is 0 Å². The Labute approximate surface area is 123 Å². The minimum Gasteiger partial charge on any atom is -0.375 e. The van der Waals surface area contributed by atoms with Crippen molar-refractivity contribution in [2.45, 2.75) is 43.6 Å². The van der Waals surface area contributed by atoms with Gasteiger partial charge in [0.2, 0.25) is 0 Å². The highest BCUT2D eigenvalue weighted by Gasteiger charge is 2.41. The molecule has 4 heterocycles. The number of fused-ring (bicyclic) bond motifs is 1. The molecule has 6 nitrogen and oxygen atoms in total. The monoisotopic (exact) mass is 285 g/mol. The zero-order chi connectivity index (χ0) is 13.9. The summed E-state index contributed by atoms with van der Waals surface area (Å²) in [5.41, 5.74) is 1.05. The van der Waals surface area contributed by atoms with E-state index in [1.165, 1.54) is 19.3 Å². The first-order valence-electron chi connectivity index (χ1n) is 7.94. The summed E-state index contributed by atoms with van der Waals surface area (Å²) in [6.07, 6.45) is 5.89. The zero-order valence-electron chi connectivity index (χ0n) is 12.0. The molecule has 2 aromatic rings. The summed E-state index contributed by atoms with van der Waals surface area (Å²) in [4.78, 5) is 2.36. The molecule has 2 aromatic heterocycles. The second-order valence-electron chi connectivity index (χ2n) is 6.56. The van der Waals surface area contributed by atoms with Crippen molar-refractivity contribution < 1.29 is 4.74 Å². The van der Waals surface area contributed by atoms with E-state index >= 15 is 0 Å². The molecule has 0 unspecified atom stereocenters. The summed E-state index contributed by atoms with van der Waals surface area (Å²) in [7, 11) is 0. The fraction of sp³-hybridized carbons (Fsp3) is 0.667. The number of aromatic nitrogens is 4. The second kappa shape index (κ2) is 4.16. The van der Waals surface area contributed by atoms with E-state index in [0.29, 0.717) is 5.92 Å². The SMILES string of the molecule is c1cc2nnc(C3CC3)n2nc1N1CCC2(CCO2)CC1. The van der Waals surface area contributed by atoms with Gasteiger partial charge in [0.05, 0.1) is 12.2 Å². The number of hydrogen-bond acceptors (Lipinski definition) is 5. The number of anilines is 1. The predicted molar refractivity (Wildman–Crippen MR) is 77.5 cm³/mol. The largest absolute Gasteiger partial charge is 0.375 e. The minimum absolute atomic E-state index is 0.191. The molecular weight excluding hydrogens is 266 g/mol. The van der Waals surface area contributed by atoms with Crippen molar-refractivity contribution in [2.24, 2.45) is 0 Å². The van der Waals surface area contributed by atoms with E-state index in [-0.39, 0.29) is 5.60 Å². The molecule has 5 rings (SSSR count). The van der Waals surface area contributed by atoms with Gasteiger partial charge in [0.25, 0.3) is 0 Å². The molecule has 0 amide bonds. The predicted octanol–water partition coefficient (Wildman–Crippen LogP) is 1.76. The van der Waals surface area contributed by atoms with Crippen molar-refractivity contribution in [3.63, 3.8) is 0 Å². The standard InChI is InChI=1S/C15H19N5O/c1-2-11(1)14-17-16-12-3-4-13(18-20(12)14)19-8-5-15(6-9-19)7-10-21-15/h3-4,11H,1-2,5-10H2. The van der Waals surface area contributed by atoms with Crippen LogP contribution in [0, 0.1) is 0 Å². The Morgan fingerprint density at radius 2 is 1.90 bits per heavy atom. The highest BCUT2D eigenvalue weighted by Crippen LogP contribution is 2.39. The number of nitrogens with zero attached hydrogens (tertiary/aromatic N) is 5. The lowest BCUT2D eigenvalue weighted by molar-refractivity contribution is -0.158. The second-order valence-corrected chi connectivity index (χ2v) is 6.56. The summed E-state index contributed by atoms with van der Waals surface area (Å²) in [5, 5.41) is 13.3. The smallest absolute Gasteiger partial charge is 0.178 e. The van der Waals surface area contributed by atoms with E-state index < -0.39 is 0 Å². The van der Waals surface area contributed by atoms with E-state index in [4.69, 9.17) is 9.84 Å². The van der Waals surface area contributed by atoms with Crippen molar-refractivity contribution in [2.75, 3.05) is 24.6 Å². The highest BCUT2D eigenvalue weighted by atomic mass is 16.5. The van der Waals surface area contributed by atoms with E-state index in [1.807, 2.05) is 10.6 Å². The van der Waals surface area contributed by atoms with E-state index in [2.05, 4.69) is 21.2 Å². The van der Waals surface area contributed by atoms with Crippen LogP contribution in [0.15, 0.2) is 12.1 Å².